The summed E-state index contributed by atoms with van der Waals surface area (Å²) in [6.45, 7) is 5.50. The second kappa shape index (κ2) is 6.30. The Bertz CT molecular complexity index is 618. The molecule has 0 bridgehead atoms. The van der Waals surface area contributed by atoms with Crippen LogP contribution in [0.1, 0.15) is 49.0 Å². The molecular formula is C17H22BrN3. The molecule has 0 saturated carbocycles. The van der Waals surface area contributed by atoms with Crippen molar-refractivity contribution in [1.82, 2.24) is 14.8 Å². The van der Waals surface area contributed by atoms with Crippen LogP contribution < -0.4 is 0 Å². The summed E-state index contributed by atoms with van der Waals surface area (Å²) in [6, 6.07) is 8.80. The van der Waals surface area contributed by atoms with Crippen molar-refractivity contribution in [1.29, 1.82) is 0 Å². The van der Waals surface area contributed by atoms with E-state index in [0.29, 0.717) is 11.8 Å². The minimum absolute atomic E-state index is 0.499. The number of nitrogens with zero attached hydrogens (tertiary/aromatic N) is 3. The van der Waals surface area contributed by atoms with Crippen LogP contribution in [-0.2, 0) is 24.7 Å². The number of fused-ring (bicyclic) bond motifs is 1. The molecule has 0 fully saturated rings. The first-order chi connectivity index (χ1) is 10.2. The quantitative estimate of drug-likeness (QED) is 0.779. The zero-order valence-electron chi connectivity index (χ0n) is 12.7. The maximum atomic E-state index is 4.52. The first-order valence-corrected chi connectivity index (χ1v) is 8.86. The van der Waals surface area contributed by atoms with Crippen molar-refractivity contribution in [3.8, 4) is 0 Å². The van der Waals surface area contributed by atoms with Gasteiger partial charge in [-0.2, -0.15) is 0 Å². The molecule has 1 unspecified atom stereocenters. The van der Waals surface area contributed by atoms with Crippen LogP contribution >= 0.6 is 15.9 Å². The minimum Gasteiger partial charge on any atom is -0.314 e. The molecule has 112 valence electrons. The monoisotopic (exact) mass is 347 g/mol. The first kappa shape index (κ1) is 14.8. The Morgan fingerprint density at radius 1 is 1.24 bits per heavy atom. The van der Waals surface area contributed by atoms with Gasteiger partial charge in [0, 0.05) is 12.5 Å². The third kappa shape index (κ3) is 3.05. The van der Waals surface area contributed by atoms with E-state index >= 15 is 0 Å². The lowest BCUT2D eigenvalue weighted by Gasteiger charge is -2.25. The fourth-order valence-electron chi connectivity index (χ4n) is 3.23. The summed E-state index contributed by atoms with van der Waals surface area (Å²) >= 11 is 3.54. The predicted octanol–water partition coefficient (Wildman–Crippen LogP) is 4.10. The standard InChI is InChI=1S/C17H22BrN3/c1-12(2)11-21-16(10-18)19-20-17(21)15-8-7-13-5-3-4-6-14(13)9-15/h3-6,12,15H,7-11H2,1-2H3. The van der Waals surface area contributed by atoms with Crippen LogP contribution in [-0.4, -0.2) is 14.8 Å². The summed E-state index contributed by atoms with van der Waals surface area (Å²) in [4.78, 5) is 0. The van der Waals surface area contributed by atoms with Gasteiger partial charge in [0.05, 0.1) is 5.33 Å². The van der Waals surface area contributed by atoms with Gasteiger partial charge in [-0.1, -0.05) is 54.0 Å². The number of alkyl halides is 1. The Morgan fingerprint density at radius 3 is 2.71 bits per heavy atom. The SMILES string of the molecule is CC(C)Cn1c(CBr)nnc1C1CCc2ccccc2C1. The van der Waals surface area contributed by atoms with Crippen LogP contribution in [0.25, 0.3) is 0 Å². The molecule has 3 nitrogen and oxygen atoms in total. The van der Waals surface area contributed by atoms with Gasteiger partial charge in [0.2, 0.25) is 0 Å². The van der Waals surface area contributed by atoms with Crippen molar-refractivity contribution in [3.05, 3.63) is 47.0 Å². The van der Waals surface area contributed by atoms with E-state index in [1.54, 1.807) is 0 Å². The van der Waals surface area contributed by atoms with E-state index in [4.69, 9.17) is 0 Å². The molecule has 3 rings (SSSR count). The molecule has 0 saturated heterocycles. The summed E-state index contributed by atoms with van der Waals surface area (Å²) < 4.78 is 2.33. The Hall–Kier alpha value is -1.16. The van der Waals surface area contributed by atoms with E-state index in [9.17, 15) is 0 Å². The highest BCUT2D eigenvalue weighted by Gasteiger charge is 2.25. The van der Waals surface area contributed by atoms with Gasteiger partial charge in [-0.05, 0) is 36.3 Å². The smallest absolute Gasteiger partial charge is 0.143 e. The second-order valence-electron chi connectivity index (χ2n) is 6.32. The maximum Gasteiger partial charge on any atom is 0.143 e. The summed E-state index contributed by atoms with van der Waals surface area (Å²) in [5, 5.41) is 9.68. The number of halogens is 1. The molecule has 0 aliphatic heterocycles. The normalized spacial score (nSPS) is 18.0. The molecule has 0 spiro atoms. The number of hydrogen-bond acceptors (Lipinski definition) is 2. The largest absolute Gasteiger partial charge is 0.314 e. The third-order valence-corrected chi connectivity index (χ3v) is 4.74. The van der Waals surface area contributed by atoms with Crippen molar-refractivity contribution in [2.75, 3.05) is 0 Å². The second-order valence-corrected chi connectivity index (χ2v) is 6.88. The molecule has 4 heteroatoms. The molecule has 1 atom stereocenters. The van der Waals surface area contributed by atoms with Gasteiger partial charge in [0.1, 0.15) is 11.6 Å². The molecule has 1 aromatic carbocycles. The van der Waals surface area contributed by atoms with E-state index in [1.165, 1.54) is 23.4 Å². The molecule has 1 aliphatic carbocycles. The van der Waals surface area contributed by atoms with Gasteiger partial charge in [0.25, 0.3) is 0 Å². The Balaban J connectivity index is 1.89. The molecular weight excluding hydrogens is 326 g/mol. The van der Waals surface area contributed by atoms with Crippen molar-refractivity contribution in [3.63, 3.8) is 0 Å². The number of rotatable bonds is 4. The highest BCUT2D eigenvalue weighted by Crippen LogP contribution is 2.32. The molecule has 1 aliphatic rings. The molecule has 1 heterocycles. The van der Waals surface area contributed by atoms with Gasteiger partial charge >= 0.3 is 0 Å². The zero-order chi connectivity index (χ0) is 14.8. The lowest BCUT2D eigenvalue weighted by Crippen LogP contribution is -2.19. The van der Waals surface area contributed by atoms with Crippen LogP contribution in [0.4, 0.5) is 0 Å². The number of benzene rings is 1. The lowest BCUT2D eigenvalue weighted by atomic mass is 9.83. The van der Waals surface area contributed by atoms with E-state index < -0.39 is 0 Å². The molecule has 0 radical (unpaired) electrons. The van der Waals surface area contributed by atoms with Crippen molar-refractivity contribution < 1.29 is 0 Å². The van der Waals surface area contributed by atoms with E-state index in [2.05, 4.69) is 68.8 Å². The van der Waals surface area contributed by atoms with E-state index in [0.717, 1.165) is 30.5 Å². The van der Waals surface area contributed by atoms with Crippen LogP contribution in [0.3, 0.4) is 0 Å². The summed E-state index contributed by atoms with van der Waals surface area (Å²) in [5.74, 6) is 3.33. The molecule has 1 aromatic heterocycles. The molecule has 0 amide bonds. The van der Waals surface area contributed by atoms with Crippen LogP contribution in [0.15, 0.2) is 24.3 Å². The van der Waals surface area contributed by atoms with Crippen molar-refractivity contribution in [2.24, 2.45) is 5.92 Å². The fraction of sp³-hybridized carbons (Fsp3) is 0.529. The predicted molar refractivity (Wildman–Crippen MR) is 88.7 cm³/mol. The van der Waals surface area contributed by atoms with Gasteiger partial charge < -0.3 is 4.57 Å². The van der Waals surface area contributed by atoms with Crippen LogP contribution in [0.5, 0.6) is 0 Å². The number of hydrogen-bond donors (Lipinski definition) is 0. The average molecular weight is 348 g/mol. The Morgan fingerprint density at radius 2 is 2.00 bits per heavy atom. The van der Waals surface area contributed by atoms with Crippen LogP contribution in [0, 0.1) is 5.92 Å². The van der Waals surface area contributed by atoms with Crippen LogP contribution in [0.2, 0.25) is 0 Å². The molecule has 21 heavy (non-hydrogen) atoms. The molecule has 2 aromatic rings. The minimum atomic E-state index is 0.499. The van der Waals surface area contributed by atoms with E-state index in [-0.39, 0.29) is 0 Å². The highest BCUT2D eigenvalue weighted by atomic mass is 79.9. The summed E-state index contributed by atoms with van der Waals surface area (Å²) in [7, 11) is 0. The first-order valence-electron chi connectivity index (χ1n) is 7.73. The van der Waals surface area contributed by atoms with E-state index in [1.807, 2.05) is 0 Å². The average Bonchev–Trinajstić information content (AvgIpc) is 2.88. The fourth-order valence-corrected chi connectivity index (χ4v) is 3.65. The third-order valence-electron chi connectivity index (χ3n) is 4.24. The highest BCUT2D eigenvalue weighted by molar-refractivity contribution is 9.08. The Kier molecular flexibility index (Phi) is 4.43. The van der Waals surface area contributed by atoms with Gasteiger partial charge in [-0.3, -0.25) is 0 Å². The number of aromatic nitrogens is 3. The zero-order valence-corrected chi connectivity index (χ0v) is 14.3. The summed E-state index contributed by atoms with van der Waals surface area (Å²) in [5.41, 5.74) is 2.98. The maximum absolute atomic E-state index is 4.52. The Labute approximate surface area is 134 Å². The number of aryl methyl sites for hydroxylation is 1. The van der Waals surface area contributed by atoms with Gasteiger partial charge in [-0.25, -0.2) is 0 Å². The van der Waals surface area contributed by atoms with Crippen molar-refractivity contribution >= 4 is 15.9 Å². The van der Waals surface area contributed by atoms with Crippen molar-refractivity contribution in [2.45, 2.75) is 50.9 Å². The lowest BCUT2D eigenvalue weighted by molar-refractivity contribution is 0.460. The van der Waals surface area contributed by atoms with Gasteiger partial charge in [0.15, 0.2) is 0 Å². The van der Waals surface area contributed by atoms with Gasteiger partial charge in [-0.15, -0.1) is 10.2 Å². The molecule has 0 N–H and O–H groups in total. The summed E-state index contributed by atoms with van der Waals surface area (Å²) in [6.07, 6.45) is 3.42. The topological polar surface area (TPSA) is 30.7 Å².